The minimum atomic E-state index is -0.656. The molecule has 3 aromatic rings. The second-order valence-electron chi connectivity index (χ2n) is 7.27. The van der Waals surface area contributed by atoms with Crippen molar-refractivity contribution in [3.8, 4) is 5.75 Å². The summed E-state index contributed by atoms with van der Waals surface area (Å²) in [6.45, 7) is 3.95. The van der Waals surface area contributed by atoms with E-state index in [0.29, 0.717) is 17.0 Å². The van der Waals surface area contributed by atoms with Gasteiger partial charge in [-0.25, -0.2) is 9.29 Å². The van der Waals surface area contributed by atoms with Crippen molar-refractivity contribution in [2.45, 2.75) is 13.8 Å². The first-order valence-electron chi connectivity index (χ1n) is 9.77. The first-order chi connectivity index (χ1) is 14.9. The van der Waals surface area contributed by atoms with Gasteiger partial charge in [-0.15, -0.1) is 0 Å². The van der Waals surface area contributed by atoms with E-state index in [1.54, 1.807) is 30.3 Å². The summed E-state index contributed by atoms with van der Waals surface area (Å²) in [4.78, 5) is 27.7. The van der Waals surface area contributed by atoms with Crippen molar-refractivity contribution < 1.29 is 18.7 Å². The molecule has 156 valence electrons. The number of rotatable bonds is 5. The SMILES string of the molecule is COc1ccccc1C1=C(Nc2ccc(C)c(C)c2)C(=O)N(c2ccccc2F)C1=O. The fourth-order valence-corrected chi connectivity index (χ4v) is 3.56. The van der Waals surface area contributed by atoms with Gasteiger partial charge in [-0.3, -0.25) is 9.59 Å². The van der Waals surface area contributed by atoms with Crippen molar-refractivity contribution in [3.63, 3.8) is 0 Å². The van der Waals surface area contributed by atoms with Crippen molar-refractivity contribution in [3.05, 3.63) is 94.9 Å². The molecule has 1 N–H and O–H groups in total. The van der Waals surface area contributed by atoms with Crippen LogP contribution in [0.3, 0.4) is 0 Å². The molecule has 2 amide bonds. The molecule has 0 fully saturated rings. The van der Waals surface area contributed by atoms with Gasteiger partial charge in [-0.2, -0.15) is 0 Å². The Hall–Kier alpha value is -3.93. The van der Waals surface area contributed by atoms with Gasteiger partial charge in [0.1, 0.15) is 17.3 Å². The number of para-hydroxylation sites is 2. The molecule has 0 aromatic heterocycles. The highest BCUT2D eigenvalue weighted by Crippen LogP contribution is 2.38. The van der Waals surface area contributed by atoms with E-state index >= 15 is 0 Å². The molecular formula is C25H21FN2O3. The Morgan fingerprint density at radius 1 is 0.871 bits per heavy atom. The van der Waals surface area contributed by atoms with Gasteiger partial charge >= 0.3 is 0 Å². The number of imide groups is 1. The lowest BCUT2D eigenvalue weighted by molar-refractivity contribution is -0.120. The number of hydrogen-bond donors (Lipinski definition) is 1. The maximum absolute atomic E-state index is 14.5. The summed E-state index contributed by atoms with van der Waals surface area (Å²) < 4.78 is 19.9. The zero-order valence-electron chi connectivity index (χ0n) is 17.4. The molecule has 6 heteroatoms. The van der Waals surface area contributed by atoms with Crippen LogP contribution in [-0.2, 0) is 9.59 Å². The zero-order valence-corrected chi connectivity index (χ0v) is 17.4. The molecule has 0 saturated carbocycles. The van der Waals surface area contributed by atoms with E-state index in [-0.39, 0.29) is 17.0 Å². The van der Waals surface area contributed by atoms with E-state index in [1.807, 2.05) is 32.0 Å². The maximum Gasteiger partial charge on any atom is 0.282 e. The minimum Gasteiger partial charge on any atom is -0.496 e. The van der Waals surface area contributed by atoms with E-state index in [4.69, 9.17) is 4.74 Å². The van der Waals surface area contributed by atoms with Crippen molar-refractivity contribution >= 4 is 28.8 Å². The average molecular weight is 416 g/mol. The van der Waals surface area contributed by atoms with Gasteiger partial charge in [0.15, 0.2) is 0 Å². The Labute approximate surface area is 179 Å². The Balaban J connectivity index is 1.88. The van der Waals surface area contributed by atoms with E-state index in [2.05, 4.69) is 5.32 Å². The molecule has 0 bridgehead atoms. The van der Waals surface area contributed by atoms with Crippen molar-refractivity contribution in [2.24, 2.45) is 0 Å². The van der Waals surface area contributed by atoms with Crippen LogP contribution >= 0.6 is 0 Å². The summed E-state index contributed by atoms with van der Waals surface area (Å²) in [6, 6.07) is 18.3. The molecule has 0 radical (unpaired) electrons. The Morgan fingerprint density at radius 2 is 1.58 bits per heavy atom. The number of carbonyl (C=O) groups is 2. The van der Waals surface area contributed by atoms with Crippen molar-refractivity contribution in [1.82, 2.24) is 0 Å². The number of halogens is 1. The number of carbonyl (C=O) groups excluding carboxylic acids is 2. The van der Waals surface area contributed by atoms with Gasteiger partial charge < -0.3 is 10.1 Å². The summed E-state index contributed by atoms with van der Waals surface area (Å²) in [5.41, 5.74) is 3.35. The first-order valence-corrected chi connectivity index (χ1v) is 9.77. The monoisotopic (exact) mass is 416 g/mol. The second-order valence-corrected chi connectivity index (χ2v) is 7.27. The third-order valence-corrected chi connectivity index (χ3v) is 5.33. The quantitative estimate of drug-likeness (QED) is 0.604. The number of aryl methyl sites for hydroxylation is 2. The number of hydrogen-bond acceptors (Lipinski definition) is 4. The number of nitrogens with one attached hydrogen (secondary N) is 1. The van der Waals surface area contributed by atoms with Crippen LogP contribution in [0.15, 0.2) is 72.4 Å². The Morgan fingerprint density at radius 3 is 2.29 bits per heavy atom. The van der Waals surface area contributed by atoms with Crippen LogP contribution in [0.25, 0.3) is 5.57 Å². The molecule has 1 heterocycles. The molecule has 1 aliphatic rings. The summed E-state index contributed by atoms with van der Waals surface area (Å²) in [7, 11) is 1.49. The number of anilines is 2. The number of nitrogens with zero attached hydrogens (tertiary/aromatic N) is 1. The summed E-state index contributed by atoms with van der Waals surface area (Å²) in [5.74, 6) is -1.47. The van der Waals surface area contributed by atoms with Crippen LogP contribution < -0.4 is 15.0 Å². The topological polar surface area (TPSA) is 58.6 Å². The van der Waals surface area contributed by atoms with Crippen molar-refractivity contribution in [1.29, 1.82) is 0 Å². The molecule has 0 aliphatic carbocycles. The van der Waals surface area contributed by atoms with E-state index in [9.17, 15) is 14.0 Å². The molecule has 0 spiro atoms. The number of benzene rings is 3. The highest BCUT2D eigenvalue weighted by atomic mass is 19.1. The minimum absolute atomic E-state index is 0.0704. The third-order valence-electron chi connectivity index (χ3n) is 5.33. The highest BCUT2D eigenvalue weighted by Gasteiger charge is 2.42. The predicted molar refractivity (Wildman–Crippen MR) is 118 cm³/mol. The zero-order chi connectivity index (χ0) is 22.1. The largest absolute Gasteiger partial charge is 0.496 e. The maximum atomic E-state index is 14.5. The summed E-state index contributed by atoms with van der Waals surface area (Å²) in [5, 5.41) is 3.10. The van der Waals surface area contributed by atoms with Crippen molar-refractivity contribution in [2.75, 3.05) is 17.3 Å². The van der Waals surface area contributed by atoms with Crippen LogP contribution in [0.2, 0.25) is 0 Å². The highest BCUT2D eigenvalue weighted by molar-refractivity contribution is 6.46. The number of amides is 2. The van der Waals surface area contributed by atoms with Crippen LogP contribution in [-0.4, -0.2) is 18.9 Å². The average Bonchev–Trinajstić information content (AvgIpc) is 3.00. The van der Waals surface area contributed by atoms with Gasteiger partial charge in [-0.1, -0.05) is 36.4 Å². The number of methoxy groups -OCH3 is 1. The lowest BCUT2D eigenvalue weighted by Gasteiger charge is -2.16. The smallest absolute Gasteiger partial charge is 0.282 e. The van der Waals surface area contributed by atoms with Crippen LogP contribution in [0.1, 0.15) is 16.7 Å². The molecule has 3 aromatic carbocycles. The summed E-state index contributed by atoms with van der Waals surface area (Å²) in [6.07, 6.45) is 0. The Kier molecular flexibility index (Phi) is 5.29. The molecule has 4 rings (SSSR count). The molecule has 1 aliphatic heterocycles. The van der Waals surface area contributed by atoms with E-state index in [0.717, 1.165) is 16.0 Å². The van der Waals surface area contributed by atoms with Crippen LogP contribution in [0.4, 0.5) is 15.8 Å². The van der Waals surface area contributed by atoms with Crippen LogP contribution in [0.5, 0.6) is 5.75 Å². The molecule has 31 heavy (non-hydrogen) atoms. The van der Waals surface area contributed by atoms with E-state index < -0.39 is 17.6 Å². The second kappa shape index (κ2) is 8.07. The molecule has 0 atom stereocenters. The van der Waals surface area contributed by atoms with Gasteiger partial charge in [0.2, 0.25) is 0 Å². The van der Waals surface area contributed by atoms with Gasteiger partial charge in [-0.05, 0) is 55.3 Å². The number of ether oxygens (including phenoxy) is 1. The van der Waals surface area contributed by atoms with E-state index in [1.165, 1.54) is 25.3 Å². The fraction of sp³-hybridized carbons (Fsp3) is 0.120. The normalized spacial score (nSPS) is 13.7. The standard InChI is InChI=1S/C25H21FN2O3/c1-15-12-13-17(14-16(15)2)27-23-22(18-8-4-7-11-21(18)31-3)24(29)28(25(23)30)20-10-6-5-9-19(20)26/h4-14,27H,1-3H3. The first kappa shape index (κ1) is 20.3. The van der Waals surface area contributed by atoms with Gasteiger partial charge in [0, 0.05) is 11.3 Å². The Bertz CT molecular complexity index is 1230. The third kappa shape index (κ3) is 3.57. The molecule has 5 nitrogen and oxygen atoms in total. The van der Waals surface area contributed by atoms with Crippen LogP contribution in [0, 0.1) is 19.7 Å². The molecular weight excluding hydrogens is 395 g/mol. The lowest BCUT2D eigenvalue weighted by Crippen LogP contribution is -2.33. The fourth-order valence-electron chi connectivity index (χ4n) is 3.56. The summed E-state index contributed by atoms with van der Waals surface area (Å²) >= 11 is 0. The molecule has 0 unspecified atom stereocenters. The predicted octanol–water partition coefficient (Wildman–Crippen LogP) is 4.85. The lowest BCUT2D eigenvalue weighted by atomic mass is 10.0. The van der Waals surface area contributed by atoms with Gasteiger partial charge in [0.25, 0.3) is 11.8 Å². The van der Waals surface area contributed by atoms with Gasteiger partial charge in [0.05, 0.1) is 18.4 Å². The molecule has 0 saturated heterocycles.